The molecule has 0 aromatic rings. The number of hydrogen-bond acceptors (Lipinski definition) is 1. The average molecular weight is 124 g/mol. The van der Waals surface area contributed by atoms with Gasteiger partial charge in [-0.05, 0) is 0 Å². The molecule has 4 heteroatoms. The van der Waals surface area contributed by atoms with E-state index in [1.54, 1.807) is 0 Å². The van der Waals surface area contributed by atoms with Gasteiger partial charge in [0, 0.05) is 12.4 Å². The Morgan fingerprint density at radius 1 is 1.86 bits per heavy atom. The SMILES string of the molecule is O=C(O)NCCCl. The number of carbonyl (C=O) groups is 1. The fourth-order valence-corrected chi connectivity index (χ4v) is 0.249. The fraction of sp³-hybridized carbons (Fsp3) is 0.667. The Morgan fingerprint density at radius 3 is 2.57 bits per heavy atom. The van der Waals surface area contributed by atoms with Gasteiger partial charge in [-0.3, -0.25) is 0 Å². The maximum absolute atomic E-state index is 9.59. The summed E-state index contributed by atoms with van der Waals surface area (Å²) in [6, 6.07) is 0. The Labute approximate surface area is 46.3 Å². The lowest BCUT2D eigenvalue weighted by atomic mass is 10.7. The molecule has 7 heavy (non-hydrogen) atoms. The lowest BCUT2D eigenvalue weighted by Gasteiger charge is -1.90. The second-order valence-electron chi connectivity index (χ2n) is 0.921. The van der Waals surface area contributed by atoms with Gasteiger partial charge in [0.2, 0.25) is 0 Å². The topological polar surface area (TPSA) is 49.3 Å². The lowest BCUT2D eigenvalue weighted by molar-refractivity contribution is 0.195. The number of rotatable bonds is 2. The van der Waals surface area contributed by atoms with Crippen molar-refractivity contribution in [2.75, 3.05) is 12.4 Å². The predicted octanol–water partition coefficient (Wildman–Crippen LogP) is 0.493. The van der Waals surface area contributed by atoms with Crippen LogP contribution in [-0.4, -0.2) is 23.6 Å². The van der Waals surface area contributed by atoms with Crippen LogP contribution in [0.1, 0.15) is 0 Å². The second-order valence-corrected chi connectivity index (χ2v) is 1.30. The summed E-state index contributed by atoms with van der Waals surface area (Å²) in [5, 5.41) is 9.95. The van der Waals surface area contributed by atoms with Crippen LogP contribution in [0.5, 0.6) is 0 Å². The maximum atomic E-state index is 9.59. The molecule has 0 unspecified atom stereocenters. The van der Waals surface area contributed by atoms with Crippen LogP contribution in [0, 0.1) is 0 Å². The molecule has 0 aliphatic rings. The Kier molecular flexibility index (Phi) is 3.50. The number of amides is 1. The van der Waals surface area contributed by atoms with E-state index in [1.165, 1.54) is 0 Å². The molecule has 2 N–H and O–H groups in total. The molecule has 0 rings (SSSR count). The van der Waals surface area contributed by atoms with Crippen molar-refractivity contribution in [1.29, 1.82) is 0 Å². The van der Waals surface area contributed by atoms with Crippen LogP contribution in [0.3, 0.4) is 0 Å². The Balaban J connectivity index is 2.82. The number of hydrogen-bond donors (Lipinski definition) is 2. The number of nitrogens with one attached hydrogen (secondary N) is 1. The molecule has 0 atom stereocenters. The first-order valence-corrected chi connectivity index (χ1v) is 2.33. The smallest absolute Gasteiger partial charge is 0.404 e. The second kappa shape index (κ2) is 3.74. The van der Waals surface area contributed by atoms with Gasteiger partial charge in [0.15, 0.2) is 0 Å². The molecule has 1 amide bonds. The first-order valence-electron chi connectivity index (χ1n) is 1.80. The van der Waals surface area contributed by atoms with Crippen LogP contribution in [0.15, 0.2) is 0 Å². The van der Waals surface area contributed by atoms with Crippen LogP contribution in [-0.2, 0) is 0 Å². The van der Waals surface area contributed by atoms with Gasteiger partial charge in [0.25, 0.3) is 0 Å². The molecule has 0 aliphatic heterocycles. The third-order valence-corrected chi connectivity index (χ3v) is 0.560. The lowest BCUT2D eigenvalue weighted by Crippen LogP contribution is -2.22. The molecule has 0 aliphatic carbocycles. The quantitative estimate of drug-likeness (QED) is 0.525. The van der Waals surface area contributed by atoms with Gasteiger partial charge in [0.05, 0.1) is 0 Å². The van der Waals surface area contributed by atoms with Crippen molar-refractivity contribution in [3.63, 3.8) is 0 Å². The molecule has 0 fully saturated rings. The van der Waals surface area contributed by atoms with Gasteiger partial charge < -0.3 is 10.4 Å². The third-order valence-electron chi connectivity index (χ3n) is 0.371. The zero-order valence-electron chi connectivity index (χ0n) is 3.65. The zero-order valence-corrected chi connectivity index (χ0v) is 4.40. The minimum atomic E-state index is -1.03. The largest absolute Gasteiger partial charge is 0.465 e. The van der Waals surface area contributed by atoms with E-state index in [9.17, 15) is 4.79 Å². The summed E-state index contributed by atoms with van der Waals surface area (Å²) in [6.45, 7) is 0.316. The Morgan fingerprint density at radius 2 is 2.43 bits per heavy atom. The van der Waals surface area contributed by atoms with E-state index in [2.05, 4.69) is 5.32 Å². The van der Waals surface area contributed by atoms with Crippen LogP contribution in [0.25, 0.3) is 0 Å². The first kappa shape index (κ1) is 6.56. The first-order chi connectivity index (χ1) is 3.27. The van der Waals surface area contributed by atoms with Crippen LogP contribution in [0.4, 0.5) is 4.79 Å². The highest BCUT2D eigenvalue weighted by Crippen LogP contribution is 1.68. The third kappa shape index (κ3) is 5.56. The molecule has 0 bridgehead atoms. The number of carboxylic acid groups (broad SMARTS) is 1. The summed E-state index contributed by atoms with van der Waals surface area (Å²) in [6.07, 6.45) is -1.03. The van der Waals surface area contributed by atoms with Crippen molar-refractivity contribution in [2.45, 2.75) is 0 Å². The van der Waals surface area contributed by atoms with Gasteiger partial charge in [-0.25, -0.2) is 4.79 Å². The Hall–Kier alpha value is -0.440. The van der Waals surface area contributed by atoms with Crippen molar-refractivity contribution in [1.82, 2.24) is 5.32 Å². The monoisotopic (exact) mass is 123 g/mol. The van der Waals surface area contributed by atoms with Crippen LogP contribution < -0.4 is 5.32 Å². The van der Waals surface area contributed by atoms with Crippen LogP contribution >= 0.6 is 11.6 Å². The van der Waals surface area contributed by atoms with Gasteiger partial charge in [0.1, 0.15) is 0 Å². The molecule has 0 aromatic heterocycles. The van der Waals surface area contributed by atoms with E-state index in [0.29, 0.717) is 12.4 Å². The summed E-state index contributed by atoms with van der Waals surface area (Å²) in [7, 11) is 0. The van der Waals surface area contributed by atoms with E-state index in [4.69, 9.17) is 16.7 Å². The molecule has 0 heterocycles. The standard InChI is InChI=1S/C3H6ClNO2/c4-1-2-5-3(6)7/h5H,1-2H2,(H,6,7). The number of halogens is 1. The van der Waals surface area contributed by atoms with E-state index in [-0.39, 0.29) is 0 Å². The molecule has 0 radical (unpaired) electrons. The summed E-state index contributed by atoms with van der Waals surface area (Å²) >= 11 is 5.12. The zero-order chi connectivity index (χ0) is 5.70. The van der Waals surface area contributed by atoms with Crippen molar-refractivity contribution >= 4 is 17.7 Å². The van der Waals surface area contributed by atoms with Crippen molar-refractivity contribution in [3.05, 3.63) is 0 Å². The Bertz CT molecular complexity index is 66.0. The molecule has 0 spiro atoms. The normalized spacial score (nSPS) is 8.14. The molecular weight excluding hydrogens is 117 g/mol. The molecule has 3 nitrogen and oxygen atoms in total. The fourth-order valence-electron chi connectivity index (χ4n) is 0.154. The van der Waals surface area contributed by atoms with E-state index in [0.717, 1.165) is 0 Å². The highest BCUT2D eigenvalue weighted by molar-refractivity contribution is 6.18. The highest BCUT2D eigenvalue weighted by Gasteiger charge is 1.87. The minimum absolute atomic E-state index is 0.316. The van der Waals surface area contributed by atoms with E-state index < -0.39 is 6.09 Å². The van der Waals surface area contributed by atoms with Crippen molar-refractivity contribution < 1.29 is 9.90 Å². The van der Waals surface area contributed by atoms with E-state index in [1.807, 2.05) is 0 Å². The van der Waals surface area contributed by atoms with E-state index >= 15 is 0 Å². The summed E-state index contributed by atoms with van der Waals surface area (Å²) in [4.78, 5) is 9.59. The number of alkyl halides is 1. The average Bonchev–Trinajstić information content (AvgIpc) is 1.61. The summed E-state index contributed by atoms with van der Waals surface area (Å²) in [5.41, 5.74) is 0. The van der Waals surface area contributed by atoms with Crippen molar-refractivity contribution in [2.24, 2.45) is 0 Å². The summed E-state index contributed by atoms with van der Waals surface area (Å²) < 4.78 is 0. The minimum Gasteiger partial charge on any atom is -0.465 e. The van der Waals surface area contributed by atoms with Gasteiger partial charge >= 0.3 is 6.09 Å². The van der Waals surface area contributed by atoms with Crippen molar-refractivity contribution in [3.8, 4) is 0 Å². The molecule has 0 saturated heterocycles. The molecular formula is C3H6ClNO2. The summed E-state index contributed by atoms with van der Waals surface area (Å²) in [5.74, 6) is 0.326. The molecule has 0 aromatic carbocycles. The van der Waals surface area contributed by atoms with Crippen LogP contribution in [0.2, 0.25) is 0 Å². The highest BCUT2D eigenvalue weighted by atomic mass is 35.5. The predicted molar refractivity (Wildman–Crippen MR) is 26.7 cm³/mol. The maximum Gasteiger partial charge on any atom is 0.404 e. The molecule has 42 valence electrons. The van der Waals surface area contributed by atoms with Gasteiger partial charge in [-0.1, -0.05) is 0 Å². The molecule has 0 saturated carbocycles. The van der Waals surface area contributed by atoms with Gasteiger partial charge in [-0.2, -0.15) is 0 Å². The van der Waals surface area contributed by atoms with Gasteiger partial charge in [-0.15, -0.1) is 11.6 Å².